The van der Waals surface area contributed by atoms with E-state index in [1.54, 1.807) is 11.3 Å². The first-order chi connectivity index (χ1) is 10.2. The highest BCUT2D eigenvalue weighted by Gasteiger charge is 2.08. The lowest BCUT2D eigenvalue weighted by Crippen LogP contribution is -2.08. The monoisotopic (exact) mass is 301 g/mol. The second-order valence-corrected chi connectivity index (χ2v) is 5.58. The fraction of sp³-hybridized carbons (Fsp3) is 0.125. The minimum absolute atomic E-state index is 0.260. The summed E-state index contributed by atoms with van der Waals surface area (Å²) in [4.78, 5) is 16.2. The van der Waals surface area contributed by atoms with Gasteiger partial charge >= 0.3 is 5.97 Å². The quantitative estimate of drug-likeness (QED) is 0.687. The largest absolute Gasteiger partial charge is 0.462 e. The number of fused-ring (bicyclic) bond motifs is 1. The van der Waals surface area contributed by atoms with Crippen LogP contribution in [0.2, 0.25) is 0 Å². The lowest BCUT2D eigenvalue weighted by molar-refractivity contribution is 0.0509. The lowest BCUT2D eigenvalue weighted by Gasteiger charge is -2.03. The standard InChI is InChI=1S/C16H12FNO2S/c17-12-7-5-11(6-8-12)16(19)20-10-9-15-18-13-3-1-2-4-14(13)21-15/h1-8H,9-10H2. The van der Waals surface area contributed by atoms with Gasteiger partial charge in [0.15, 0.2) is 0 Å². The number of benzene rings is 2. The van der Waals surface area contributed by atoms with Gasteiger partial charge in [-0.15, -0.1) is 11.3 Å². The molecule has 21 heavy (non-hydrogen) atoms. The minimum Gasteiger partial charge on any atom is -0.462 e. The molecule has 1 aromatic heterocycles. The Morgan fingerprint density at radius 2 is 1.90 bits per heavy atom. The van der Waals surface area contributed by atoms with E-state index in [9.17, 15) is 9.18 Å². The molecular weight excluding hydrogens is 289 g/mol. The summed E-state index contributed by atoms with van der Waals surface area (Å²) in [5.41, 5.74) is 1.31. The van der Waals surface area contributed by atoms with Gasteiger partial charge in [0, 0.05) is 6.42 Å². The minimum atomic E-state index is -0.448. The Morgan fingerprint density at radius 3 is 2.67 bits per heavy atom. The number of thiazole rings is 1. The molecule has 0 unspecified atom stereocenters. The predicted molar refractivity (Wildman–Crippen MR) is 80.0 cm³/mol. The van der Waals surface area contributed by atoms with Crippen LogP contribution in [0.3, 0.4) is 0 Å². The first-order valence-corrected chi connectivity index (χ1v) is 7.31. The van der Waals surface area contributed by atoms with Crippen molar-refractivity contribution in [1.29, 1.82) is 0 Å². The average Bonchev–Trinajstić information content (AvgIpc) is 2.90. The van der Waals surface area contributed by atoms with E-state index in [4.69, 9.17) is 4.74 Å². The van der Waals surface area contributed by atoms with Crippen LogP contribution in [-0.4, -0.2) is 17.6 Å². The zero-order valence-corrected chi connectivity index (χ0v) is 11.9. The van der Waals surface area contributed by atoms with Crippen LogP contribution in [0, 0.1) is 5.82 Å². The van der Waals surface area contributed by atoms with Crippen molar-refractivity contribution in [2.45, 2.75) is 6.42 Å². The summed E-state index contributed by atoms with van der Waals surface area (Å²) in [5, 5.41) is 0.933. The van der Waals surface area contributed by atoms with Crippen LogP contribution < -0.4 is 0 Å². The van der Waals surface area contributed by atoms with Gasteiger partial charge in [0.1, 0.15) is 5.82 Å². The molecule has 0 spiro atoms. The number of esters is 1. The molecule has 0 fully saturated rings. The molecule has 2 aromatic carbocycles. The zero-order chi connectivity index (χ0) is 14.7. The van der Waals surface area contributed by atoms with E-state index in [2.05, 4.69) is 4.98 Å². The molecule has 0 saturated heterocycles. The van der Waals surface area contributed by atoms with Crippen molar-refractivity contribution >= 4 is 27.5 Å². The first kappa shape index (κ1) is 13.7. The van der Waals surface area contributed by atoms with Crippen molar-refractivity contribution < 1.29 is 13.9 Å². The third-order valence-corrected chi connectivity index (χ3v) is 4.06. The number of hydrogen-bond acceptors (Lipinski definition) is 4. The molecule has 3 rings (SSSR count). The van der Waals surface area contributed by atoms with Gasteiger partial charge < -0.3 is 4.74 Å². The van der Waals surface area contributed by atoms with Crippen LogP contribution in [0.4, 0.5) is 4.39 Å². The number of halogens is 1. The maximum absolute atomic E-state index is 12.8. The topological polar surface area (TPSA) is 39.2 Å². The average molecular weight is 301 g/mol. The summed E-state index contributed by atoms with van der Waals surface area (Å²) < 4.78 is 19.1. The van der Waals surface area contributed by atoms with Gasteiger partial charge in [-0.2, -0.15) is 0 Å². The fourth-order valence-corrected chi connectivity index (χ4v) is 2.88. The van der Waals surface area contributed by atoms with Gasteiger partial charge in [-0.3, -0.25) is 0 Å². The molecular formula is C16H12FNO2S. The zero-order valence-electron chi connectivity index (χ0n) is 11.1. The Kier molecular flexibility index (Phi) is 3.92. The van der Waals surface area contributed by atoms with E-state index in [1.165, 1.54) is 24.3 Å². The van der Waals surface area contributed by atoms with Crippen molar-refractivity contribution in [3.8, 4) is 0 Å². The second kappa shape index (κ2) is 6.01. The van der Waals surface area contributed by atoms with Crippen molar-refractivity contribution in [1.82, 2.24) is 4.98 Å². The van der Waals surface area contributed by atoms with Gasteiger partial charge in [0.2, 0.25) is 0 Å². The van der Waals surface area contributed by atoms with E-state index in [1.807, 2.05) is 24.3 Å². The smallest absolute Gasteiger partial charge is 0.338 e. The van der Waals surface area contributed by atoms with Crippen molar-refractivity contribution in [3.63, 3.8) is 0 Å². The molecule has 0 N–H and O–H groups in total. The lowest BCUT2D eigenvalue weighted by atomic mass is 10.2. The Morgan fingerprint density at radius 1 is 1.14 bits per heavy atom. The van der Waals surface area contributed by atoms with Gasteiger partial charge in [0.05, 0.1) is 27.4 Å². The molecule has 0 amide bonds. The molecule has 0 aliphatic carbocycles. The van der Waals surface area contributed by atoms with Crippen LogP contribution in [0.25, 0.3) is 10.2 Å². The van der Waals surface area contributed by atoms with Crippen molar-refractivity contribution in [2.24, 2.45) is 0 Å². The van der Waals surface area contributed by atoms with Crippen LogP contribution >= 0.6 is 11.3 Å². The molecule has 0 aliphatic heterocycles. The fourth-order valence-electron chi connectivity index (χ4n) is 1.93. The summed E-state index contributed by atoms with van der Waals surface area (Å²) >= 11 is 1.59. The Hall–Kier alpha value is -2.27. The number of para-hydroxylation sites is 1. The van der Waals surface area contributed by atoms with Crippen molar-refractivity contribution in [2.75, 3.05) is 6.61 Å². The molecule has 0 saturated carbocycles. The van der Waals surface area contributed by atoms with E-state index >= 15 is 0 Å². The van der Waals surface area contributed by atoms with Crippen LogP contribution in [-0.2, 0) is 11.2 Å². The Bertz CT molecular complexity index is 734. The number of hydrogen-bond donors (Lipinski definition) is 0. The van der Waals surface area contributed by atoms with Gasteiger partial charge in [-0.1, -0.05) is 12.1 Å². The summed E-state index contributed by atoms with van der Waals surface area (Å²) in [5.74, 6) is -0.822. The molecule has 5 heteroatoms. The molecule has 0 radical (unpaired) electrons. The highest BCUT2D eigenvalue weighted by atomic mass is 32.1. The molecule has 0 bridgehead atoms. The molecule has 0 aliphatic rings. The second-order valence-electron chi connectivity index (χ2n) is 4.47. The number of nitrogens with zero attached hydrogens (tertiary/aromatic N) is 1. The summed E-state index contributed by atoms with van der Waals surface area (Å²) in [6, 6.07) is 13.2. The SMILES string of the molecule is O=C(OCCc1nc2ccccc2s1)c1ccc(F)cc1. The molecule has 3 aromatic rings. The highest BCUT2D eigenvalue weighted by molar-refractivity contribution is 7.18. The van der Waals surface area contributed by atoms with E-state index < -0.39 is 5.97 Å². The van der Waals surface area contributed by atoms with Crippen LogP contribution in [0.1, 0.15) is 15.4 Å². The third-order valence-electron chi connectivity index (χ3n) is 2.97. The number of aromatic nitrogens is 1. The predicted octanol–water partition coefficient (Wildman–Crippen LogP) is 3.83. The van der Waals surface area contributed by atoms with Gasteiger partial charge in [0.25, 0.3) is 0 Å². The molecule has 1 heterocycles. The first-order valence-electron chi connectivity index (χ1n) is 6.49. The number of carbonyl (C=O) groups is 1. The summed E-state index contributed by atoms with van der Waals surface area (Å²) in [7, 11) is 0. The maximum atomic E-state index is 12.8. The van der Waals surface area contributed by atoms with E-state index in [-0.39, 0.29) is 12.4 Å². The summed E-state index contributed by atoms with van der Waals surface area (Å²) in [6.45, 7) is 0.260. The van der Waals surface area contributed by atoms with Crippen LogP contribution in [0.15, 0.2) is 48.5 Å². The van der Waals surface area contributed by atoms with E-state index in [0.29, 0.717) is 12.0 Å². The van der Waals surface area contributed by atoms with Gasteiger partial charge in [-0.05, 0) is 36.4 Å². The highest BCUT2D eigenvalue weighted by Crippen LogP contribution is 2.21. The number of rotatable bonds is 4. The maximum Gasteiger partial charge on any atom is 0.338 e. The number of ether oxygens (including phenoxy) is 1. The third kappa shape index (κ3) is 3.25. The normalized spacial score (nSPS) is 10.7. The molecule has 3 nitrogen and oxygen atoms in total. The van der Waals surface area contributed by atoms with Crippen LogP contribution in [0.5, 0.6) is 0 Å². The van der Waals surface area contributed by atoms with E-state index in [0.717, 1.165) is 15.2 Å². The Labute approximate surface area is 125 Å². The Balaban J connectivity index is 1.58. The summed E-state index contributed by atoms with van der Waals surface area (Å²) in [6.07, 6.45) is 0.576. The molecule has 106 valence electrons. The van der Waals surface area contributed by atoms with Gasteiger partial charge in [-0.25, -0.2) is 14.2 Å². The van der Waals surface area contributed by atoms with Crippen molar-refractivity contribution in [3.05, 3.63) is 64.9 Å². The number of carbonyl (C=O) groups excluding carboxylic acids is 1. The molecule has 0 atom stereocenters.